The van der Waals surface area contributed by atoms with Gasteiger partial charge in [-0.2, -0.15) is 0 Å². The van der Waals surface area contributed by atoms with Crippen molar-refractivity contribution in [2.75, 3.05) is 28.8 Å². The summed E-state index contributed by atoms with van der Waals surface area (Å²) in [5.41, 5.74) is 3.43. The van der Waals surface area contributed by atoms with Gasteiger partial charge < -0.3 is 10.7 Å². The molecular weight excluding hydrogens is 290 g/mol. The van der Waals surface area contributed by atoms with E-state index < -0.39 is 9.84 Å². The Labute approximate surface area is 125 Å². The molecule has 1 unspecified atom stereocenters. The first-order chi connectivity index (χ1) is 9.95. The number of sulfone groups is 1. The van der Waals surface area contributed by atoms with E-state index in [-0.39, 0.29) is 11.7 Å². The third-order valence-corrected chi connectivity index (χ3v) is 5.52. The van der Waals surface area contributed by atoms with Crippen LogP contribution in [0.3, 0.4) is 0 Å². The summed E-state index contributed by atoms with van der Waals surface area (Å²) in [7, 11) is -2.84. The van der Waals surface area contributed by atoms with Crippen molar-refractivity contribution in [2.24, 2.45) is 11.8 Å². The summed E-state index contributed by atoms with van der Waals surface area (Å²) >= 11 is 0. The van der Waals surface area contributed by atoms with Gasteiger partial charge in [0, 0.05) is 18.5 Å². The highest BCUT2D eigenvalue weighted by Gasteiger charge is 2.27. The van der Waals surface area contributed by atoms with Gasteiger partial charge in [0.25, 0.3) is 0 Å². The number of aryl methyl sites for hydroxylation is 1. The number of hydrazine groups is 1. The smallest absolute Gasteiger partial charge is 0.150 e. The van der Waals surface area contributed by atoms with Crippen LogP contribution < -0.4 is 16.6 Å². The minimum atomic E-state index is -2.84. The number of aromatic nitrogens is 2. The molecular formula is C13H23N5O2S. The van der Waals surface area contributed by atoms with Gasteiger partial charge in [0.05, 0.1) is 11.5 Å². The van der Waals surface area contributed by atoms with Gasteiger partial charge in [0.15, 0.2) is 9.84 Å². The fraction of sp³-hybridized carbons (Fsp3) is 0.692. The van der Waals surface area contributed by atoms with Crippen molar-refractivity contribution >= 4 is 21.5 Å². The highest BCUT2D eigenvalue weighted by molar-refractivity contribution is 7.91. The predicted octanol–water partition coefficient (Wildman–Crippen LogP) is 0.870. The Morgan fingerprint density at radius 2 is 2.05 bits per heavy atom. The van der Waals surface area contributed by atoms with Gasteiger partial charge >= 0.3 is 0 Å². The maximum atomic E-state index is 11.5. The minimum Gasteiger partial charge on any atom is -0.369 e. The molecule has 0 saturated carbocycles. The van der Waals surface area contributed by atoms with Gasteiger partial charge in [-0.15, -0.1) is 0 Å². The molecule has 1 aromatic heterocycles. The molecule has 4 N–H and O–H groups in total. The van der Waals surface area contributed by atoms with E-state index in [0.29, 0.717) is 24.5 Å². The summed E-state index contributed by atoms with van der Waals surface area (Å²) in [4.78, 5) is 8.86. The van der Waals surface area contributed by atoms with Crippen LogP contribution in [0.2, 0.25) is 0 Å². The van der Waals surface area contributed by atoms with E-state index in [1.165, 1.54) is 0 Å². The Morgan fingerprint density at radius 3 is 2.62 bits per heavy atom. The lowest BCUT2D eigenvalue weighted by atomic mass is 10.1. The Kier molecular flexibility index (Phi) is 5.00. The molecule has 1 aliphatic heterocycles. The molecule has 8 heteroatoms. The van der Waals surface area contributed by atoms with Crippen molar-refractivity contribution in [1.29, 1.82) is 0 Å². The van der Waals surface area contributed by atoms with Crippen LogP contribution in [0.4, 0.5) is 11.6 Å². The molecule has 2 heterocycles. The maximum absolute atomic E-state index is 11.5. The Balaban J connectivity index is 2.10. The van der Waals surface area contributed by atoms with Gasteiger partial charge in [-0.25, -0.2) is 24.2 Å². The summed E-state index contributed by atoms with van der Waals surface area (Å²) < 4.78 is 23.0. The van der Waals surface area contributed by atoms with E-state index in [1.807, 2.05) is 6.92 Å². The number of hydrogen-bond donors (Lipinski definition) is 3. The highest BCUT2D eigenvalue weighted by Crippen LogP contribution is 2.22. The first-order valence-electron chi connectivity index (χ1n) is 7.23. The fourth-order valence-corrected chi connectivity index (χ4v) is 4.35. The molecule has 0 radical (unpaired) electrons. The summed E-state index contributed by atoms with van der Waals surface area (Å²) in [6.45, 7) is 4.56. The van der Waals surface area contributed by atoms with Crippen LogP contribution in [-0.4, -0.2) is 36.4 Å². The second-order valence-electron chi connectivity index (χ2n) is 5.51. The molecule has 1 aliphatic rings. The molecule has 0 aliphatic carbocycles. The molecule has 21 heavy (non-hydrogen) atoms. The van der Waals surface area contributed by atoms with Gasteiger partial charge in [0.2, 0.25) is 0 Å². The van der Waals surface area contributed by atoms with E-state index in [2.05, 4.69) is 27.6 Å². The van der Waals surface area contributed by atoms with Crippen LogP contribution in [0.1, 0.15) is 31.2 Å². The normalized spacial score (nSPS) is 20.4. The molecule has 1 atom stereocenters. The van der Waals surface area contributed by atoms with Gasteiger partial charge in [-0.05, 0) is 25.7 Å². The Morgan fingerprint density at radius 1 is 1.33 bits per heavy atom. The zero-order chi connectivity index (χ0) is 15.5. The minimum absolute atomic E-state index is 0.147. The maximum Gasteiger partial charge on any atom is 0.150 e. The molecule has 1 aromatic rings. The topological polar surface area (TPSA) is 110 Å². The van der Waals surface area contributed by atoms with Crippen LogP contribution in [0.5, 0.6) is 0 Å². The first kappa shape index (κ1) is 16.0. The number of hydrogen-bond acceptors (Lipinski definition) is 7. The lowest BCUT2D eigenvalue weighted by Crippen LogP contribution is -2.19. The van der Waals surface area contributed by atoms with E-state index in [4.69, 9.17) is 5.84 Å². The van der Waals surface area contributed by atoms with Crippen molar-refractivity contribution in [2.45, 2.75) is 33.1 Å². The molecule has 0 spiro atoms. The van der Waals surface area contributed by atoms with E-state index in [9.17, 15) is 8.42 Å². The highest BCUT2D eigenvalue weighted by atomic mass is 32.2. The SMILES string of the molecule is CCCc1nc(NN)c(C)c(NCC2CCS(=O)(=O)C2)n1. The quantitative estimate of drug-likeness (QED) is 0.528. The molecule has 2 rings (SSSR count). The van der Waals surface area contributed by atoms with Gasteiger partial charge in [-0.3, -0.25) is 0 Å². The molecule has 1 saturated heterocycles. The zero-order valence-electron chi connectivity index (χ0n) is 12.5. The summed E-state index contributed by atoms with van der Waals surface area (Å²) in [6.07, 6.45) is 2.44. The van der Waals surface area contributed by atoms with Crippen LogP contribution in [0.15, 0.2) is 0 Å². The predicted molar refractivity (Wildman–Crippen MR) is 83.8 cm³/mol. The standard InChI is InChI=1S/C13H23N5O2S/c1-3-4-11-16-12(9(2)13(17-11)18-14)15-7-10-5-6-21(19,20)8-10/h10H,3-8,14H2,1-2H3,(H2,15,16,17,18). The number of nitrogens with zero attached hydrogens (tertiary/aromatic N) is 2. The molecule has 1 fully saturated rings. The Hall–Kier alpha value is -1.41. The van der Waals surface area contributed by atoms with Gasteiger partial charge in [-0.1, -0.05) is 6.92 Å². The van der Waals surface area contributed by atoms with Crippen LogP contribution in [0, 0.1) is 12.8 Å². The molecule has 0 amide bonds. The number of rotatable bonds is 6. The summed E-state index contributed by atoms with van der Waals surface area (Å²) in [5, 5.41) is 3.26. The number of nitrogen functional groups attached to an aromatic ring is 1. The van der Waals surface area contributed by atoms with E-state index in [0.717, 1.165) is 30.0 Å². The largest absolute Gasteiger partial charge is 0.369 e. The van der Waals surface area contributed by atoms with Crippen molar-refractivity contribution in [3.8, 4) is 0 Å². The molecule has 0 bridgehead atoms. The fourth-order valence-electron chi connectivity index (χ4n) is 2.49. The third kappa shape index (κ3) is 4.04. The average molecular weight is 313 g/mol. The first-order valence-corrected chi connectivity index (χ1v) is 9.05. The third-order valence-electron chi connectivity index (χ3n) is 3.69. The van der Waals surface area contributed by atoms with Crippen molar-refractivity contribution in [3.05, 3.63) is 11.4 Å². The second kappa shape index (κ2) is 6.57. The lowest BCUT2D eigenvalue weighted by Gasteiger charge is -2.15. The van der Waals surface area contributed by atoms with Crippen LogP contribution >= 0.6 is 0 Å². The molecule has 7 nitrogen and oxygen atoms in total. The zero-order valence-corrected chi connectivity index (χ0v) is 13.3. The Bertz CT molecular complexity index is 603. The summed E-state index contributed by atoms with van der Waals surface area (Å²) in [6, 6.07) is 0. The van der Waals surface area contributed by atoms with Crippen molar-refractivity contribution in [1.82, 2.24) is 9.97 Å². The van der Waals surface area contributed by atoms with Crippen LogP contribution in [-0.2, 0) is 16.3 Å². The van der Waals surface area contributed by atoms with Crippen molar-refractivity contribution < 1.29 is 8.42 Å². The molecule has 118 valence electrons. The lowest BCUT2D eigenvalue weighted by molar-refractivity contribution is 0.595. The summed E-state index contributed by atoms with van der Waals surface area (Å²) in [5.74, 6) is 8.25. The van der Waals surface area contributed by atoms with Gasteiger partial charge in [0.1, 0.15) is 17.5 Å². The monoisotopic (exact) mass is 313 g/mol. The second-order valence-corrected chi connectivity index (χ2v) is 7.74. The molecule has 0 aromatic carbocycles. The van der Waals surface area contributed by atoms with Crippen LogP contribution in [0.25, 0.3) is 0 Å². The van der Waals surface area contributed by atoms with Crippen molar-refractivity contribution in [3.63, 3.8) is 0 Å². The van der Waals surface area contributed by atoms with E-state index >= 15 is 0 Å². The average Bonchev–Trinajstić information content (AvgIpc) is 2.78. The number of nitrogens with two attached hydrogens (primary N) is 1. The van der Waals surface area contributed by atoms with E-state index in [1.54, 1.807) is 0 Å². The number of anilines is 2. The number of nitrogens with one attached hydrogen (secondary N) is 2.